The third-order valence-electron chi connectivity index (χ3n) is 4.16. The normalized spacial score (nSPS) is 18.2. The Labute approximate surface area is 137 Å². The van der Waals surface area contributed by atoms with Crippen molar-refractivity contribution in [3.8, 4) is 0 Å². The van der Waals surface area contributed by atoms with E-state index in [2.05, 4.69) is 46.3 Å². The van der Waals surface area contributed by atoms with Gasteiger partial charge in [0.1, 0.15) is 0 Å². The van der Waals surface area contributed by atoms with Crippen LogP contribution in [0.5, 0.6) is 0 Å². The van der Waals surface area contributed by atoms with E-state index < -0.39 is 0 Å². The molecular weight excluding hydrogens is 274 g/mol. The van der Waals surface area contributed by atoms with E-state index in [1.54, 1.807) is 0 Å². The van der Waals surface area contributed by atoms with Crippen LogP contribution in [-0.4, -0.2) is 75.2 Å². The van der Waals surface area contributed by atoms with Gasteiger partial charge in [0.05, 0.1) is 0 Å². The van der Waals surface area contributed by atoms with Crippen molar-refractivity contribution >= 4 is 5.96 Å². The van der Waals surface area contributed by atoms with Crippen LogP contribution in [0.3, 0.4) is 0 Å². The Morgan fingerprint density at radius 2 is 1.86 bits per heavy atom. The second-order valence-electron chi connectivity index (χ2n) is 6.25. The highest BCUT2D eigenvalue weighted by Crippen LogP contribution is 2.00. The minimum Gasteiger partial charge on any atom is -0.357 e. The Hall–Kier alpha value is -0.810. The summed E-state index contributed by atoms with van der Waals surface area (Å²) in [6, 6.07) is 0. The fourth-order valence-corrected chi connectivity index (χ4v) is 2.73. The third kappa shape index (κ3) is 9.26. The van der Waals surface area contributed by atoms with Crippen molar-refractivity contribution in [1.82, 2.24) is 20.4 Å². The summed E-state index contributed by atoms with van der Waals surface area (Å²) in [6.45, 7) is 13.1. The van der Waals surface area contributed by atoms with Crippen molar-refractivity contribution in [2.45, 2.75) is 46.0 Å². The topological polar surface area (TPSA) is 42.9 Å². The van der Waals surface area contributed by atoms with Gasteiger partial charge in [-0.2, -0.15) is 0 Å². The molecule has 0 atom stereocenters. The molecule has 0 saturated carbocycles. The molecule has 0 spiro atoms. The highest BCUT2D eigenvalue weighted by molar-refractivity contribution is 5.79. The second-order valence-corrected chi connectivity index (χ2v) is 6.25. The van der Waals surface area contributed by atoms with Gasteiger partial charge in [0, 0.05) is 39.3 Å². The Kier molecular flexibility index (Phi) is 11.1. The molecule has 5 heteroatoms. The second kappa shape index (κ2) is 12.7. The smallest absolute Gasteiger partial charge is 0.191 e. The largest absolute Gasteiger partial charge is 0.357 e. The summed E-state index contributed by atoms with van der Waals surface area (Å²) >= 11 is 0. The van der Waals surface area contributed by atoms with E-state index in [1.807, 2.05) is 0 Å². The summed E-state index contributed by atoms with van der Waals surface area (Å²) in [5, 5.41) is 6.82. The molecule has 1 aliphatic rings. The summed E-state index contributed by atoms with van der Waals surface area (Å²) < 4.78 is 0. The average Bonchev–Trinajstić information content (AvgIpc) is 2.72. The molecule has 1 fully saturated rings. The number of hydrogen-bond acceptors (Lipinski definition) is 3. The van der Waals surface area contributed by atoms with Gasteiger partial charge in [-0.05, 0) is 39.9 Å². The first-order valence-corrected chi connectivity index (χ1v) is 9.19. The maximum Gasteiger partial charge on any atom is 0.191 e. The SMILES string of the molecule is CCCCCCN=C(NCC)NCCN1CCCN(C)CC1. The molecule has 0 aromatic rings. The molecule has 1 saturated heterocycles. The van der Waals surface area contributed by atoms with E-state index in [1.165, 1.54) is 58.3 Å². The van der Waals surface area contributed by atoms with Gasteiger partial charge in [-0.25, -0.2) is 0 Å². The van der Waals surface area contributed by atoms with Crippen molar-refractivity contribution in [3.63, 3.8) is 0 Å². The van der Waals surface area contributed by atoms with Gasteiger partial charge in [0.25, 0.3) is 0 Å². The van der Waals surface area contributed by atoms with Gasteiger partial charge >= 0.3 is 0 Å². The molecule has 0 radical (unpaired) electrons. The van der Waals surface area contributed by atoms with E-state index in [-0.39, 0.29) is 0 Å². The van der Waals surface area contributed by atoms with Crippen LogP contribution < -0.4 is 10.6 Å². The monoisotopic (exact) mass is 311 g/mol. The molecule has 0 amide bonds. The summed E-state index contributed by atoms with van der Waals surface area (Å²) in [5.74, 6) is 0.978. The van der Waals surface area contributed by atoms with Gasteiger partial charge in [0.15, 0.2) is 5.96 Å². The van der Waals surface area contributed by atoms with Crippen LogP contribution in [0.4, 0.5) is 0 Å². The standard InChI is InChI=1S/C17H37N5/c1-4-6-7-8-10-19-17(18-5-2)20-11-14-22-13-9-12-21(3)15-16-22/h4-16H2,1-3H3,(H2,18,19,20). The summed E-state index contributed by atoms with van der Waals surface area (Å²) in [7, 11) is 2.22. The Bertz CT molecular complexity index is 293. The molecule has 0 aromatic carbocycles. The lowest BCUT2D eigenvalue weighted by Crippen LogP contribution is -2.42. The lowest BCUT2D eigenvalue weighted by atomic mass is 10.2. The molecule has 22 heavy (non-hydrogen) atoms. The van der Waals surface area contributed by atoms with Gasteiger partial charge in [0.2, 0.25) is 0 Å². The molecule has 0 unspecified atom stereocenters. The molecule has 1 aliphatic heterocycles. The molecular formula is C17H37N5. The van der Waals surface area contributed by atoms with Crippen LogP contribution in [-0.2, 0) is 0 Å². The van der Waals surface area contributed by atoms with Crippen LogP contribution in [0, 0.1) is 0 Å². The van der Waals surface area contributed by atoms with Crippen molar-refractivity contribution in [3.05, 3.63) is 0 Å². The number of nitrogens with zero attached hydrogens (tertiary/aromatic N) is 3. The predicted molar refractivity (Wildman–Crippen MR) is 96.7 cm³/mol. The number of rotatable bonds is 9. The average molecular weight is 312 g/mol. The molecule has 5 nitrogen and oxygen atoms in total. The zero-order valence-electron chi connectivity index (χ0n) is 15.0. The molecule has 1 heterocycles. The number of unbranched alkanes of at least 4 members (excludes halogenated alkanes) is 3. The maximum absolute atomic E-state index is 4.67. The molecule has 0 aliphatic carbocycles. The summed E-state index contributed by atoms with van der Waals surface area (Å²) in [5.41, 5.74) is 0. The van der Waals surface area contributed by atoms with Crippen LogP contribution in [0.15, 0.2) is 4.99 Å². The fourth-order valence-electron chi connectivity index (χ4n) is 2.73. The van der Waals surface area contributed by atoms with Gasteiger partial charge in [-0.3, -0.25) is 4.99 Å². The first-order chi connectivity index (χ1) is 10.8. The van der Waals surface area contributed by atoms with E-state index >= 15 is 0 Å². The first kappa shape index (κ1) is 19.2. The summed E-state index contributed by atoms with van der Waals surface area (Å²) in [4.78, 5) is 9.65. The quantitative estimate of drug-likeness (QED) is 0.387. The number of hydrogen-bond donors (Lipinski definition) is 2. The third-order valence-corrected chi connectivity index (χ3v) is 4.16. The molecule has 130 valence electrons. The van der Waals surface area contributed by atoms with Crippen LogP contribution in [0.2, 0.25) is 0 Å². The highest BCUT2D eigenvalue weighted by Gasteiger charge is 2.11. The van der Waals surface area contributed by atoms with Crippen LogP contribution >= 0.6 is 0 Å². The van der Waals surface area contributed by atoms with Crippen molar-refractivity contribution in [2.75, 3.05) is 59.4 Å². The van der Waals surface area contributed by atoms with Crippen molar-refractivity contribution < 1.29 is 0 Å². The van der Waals surface area contributed by atoms with Gasteiger partial charge in [-0.15, -0.1) is 0 Å². The molecule has 0 aromatic heterocycles. The van der Waals surface area contributed by atoms with Gasteiger partial charge in [-0.1, -0.05) is 26.2 Å². The summed E-state index contributed by atoms with van der Waals surface area (Å²) in [6.07, 6.45) is 6.38. The number of nitrogens with one attached hydrogen (secondary N) is 2. The number of aliphatic imine (C=N–C) groups is 1. The maximum atomic E-state index is 4.67. The highest BCUT2D eigenvalue weighted by atomic mass is 15.2. The minimum atomic E-state index is 0.926. The van der Waals surface area contributed by atoms with Crippen LogP contribution in [0.25, 0.3) is 0 Å². The Morgan fingerprint density at radius 1 is 1.00 bits per heavy atom. The van der Waals surface area contributed by atoms with Crippen molar-refractivity contribution in [1.29, 1.82) is 0 Å². The Balaban J connectivity index is 2.20. The fraction of sp³-hybridized carbons (Fsp3) is 0.941. The van der Waals surface area contributed by atoms with E-state index in [0.717, 1.165) is 32.1 Å². The van der Waals surface area contributed by atoms with E-state index in [0.29, 0.717) is 0 Å². The lowest BCUT2D eigenvalue weighted by molar-refractivity contribution is 0.280. The van der Waals surface area contributed by atoms with Gasteiger partial charge < -0.3 is 20.4 Å². The number of guanidine groups is 1. The van der Waals surface area contributed by atoms with E-state index in [9.17, 15) is 0 Å². The molecule has 1 rings (SSSR count). The van der Waals surface area contributed by atoms with Crippen molar-refractivity contribution in [2.24, 2.45) is 4.99 Å². The zero-order valence-corrected chi connectivity index (χ0v) is 15.0. The minimum absolute atomic E-state index is 0.926. The van der Waals surface area contributed by atoms with Crippen LogP contribution in [0.1, 0.15) is 46.0 Å². The Morgan fingerprint density at radius 3 is 2.64 bits per heavy atom. The predicted octanol–water partition coefficient (Wildman–Crippen LogP) is 1.76. The molecule has 0 bridgehead atoms. The number of likely N-dealkylation sites (N-methyl/N-ethyl adjacent to an activating group) is 1. The zero-order chi connectivity index (χ0) is 16.0. The molecule has 2 N–H and O–H groups in total. The lowest BCUT2D eigenvalue weighted by Gasteiger charge is -2.21. The first-order valence-electron chi connectivity index (χ1n) is 9.19. The van der Waals surface area contributed by atoms with E-state index in [4.69, 9.17) is 0 Å².